The third kappa shape index (κ3) is 3.31. The minimum absolute atomic E-state index is 0.346. The van der Waals surface area contributed by atoms with Crippen LogP contribution in [0.25, 0.3) is 0 Å². The van der Waals surface area contributed by atoms with Crippen molar-refractivity contribution in [2.24, 2.45) is 0 Å². The van der Waals surface area contributed by atoms with Crippen molar-refractivity contribution >= 4 is 11.6 Å². The minimum atomic E-state index is 0.346. The van der Waals surface area contributed by atoms with E-state index in [2.05, 4.69) is 38.7 Å². The predicted molar refractivity (Wildman–Crippen MR) is 83.9 cm³/mol. The Morgan fingerprint density at radius 2 is 1.95 bits per heavy atom. The van der Waals surface area contributed by atoms with Crippen molar-refractivity contribution in [3.8, 4) is 11.6 Å². The quantitative estimate of drug-likeness (QED) is 0.708. The van der Waals surface area contributed by atoms with Gasteiger partial charge >= 0.3 is 0 Å². The maximum atomic E-state index is 5.95. The van der Waals surface area contributed by atoms with Crippen molar-refractivity contribution in [3.05, 3.63) is 52.7 Å². The predicted octanol–water partition coefficient (Wildman–Crippen LogP) is 5.35. The van der Waals surface area contributed by atoms with Gasteiger partial charge in [0.2, 0.25) is 5.88 Å². The van der Waals surface area contributed by atoms with Gasteiger partial charge in [0.25, 0.3) is 0 Å². The van der Waals surface area contributed by atoms with E-state index in [4.69, 9.17) is 16.3 Å². The lowest BCUT2D eigenvalue weighted by molar-refractivity contribution is 0.455. The number of hydrogen-bond acceptors (Lipinski definition) is 2. The summed E-state index contributed by atoms with van der Waals surface area (Å²) >= 11 is 5.95. The number of ether oxygens (including phenoxy) is 1. The van der Waals surface area contributed by atoms with Crippen molar-refractivity contribution in [1.82, 2.24) is 4.98 Å². The third-order valence-electron chi connectivity index (χ3n) is 3.40. The molecule has 106 valence electrons. The lowest BCUT2D eigenvalue weighted by Crippen LogP contribution is -1.99. The highest BCUT2D eigenvalue weighted by Crippen LogP contribution is 2.28. The van der Waals surface area contributed by atoms with Crippen LogP contribution in [0.3, 0.4) is 0 Å². The van der Waals surface area contributed by atoms with E-state index >= 15 is 0 Å². The van der Waals surface area contributed by atoms with Gasteiger partial charge in [-0.15, -0.1) is 11.6 Å². The van der Waals surface area contributed by atoms with Gasteiger partial charge in [-0.05, 0) is 48.6 Å². The van der Waals surface area contributed by atoms with Crippen LogP contribution in [0.2, 0.25) is 0 Å². The Hall–Kier alpha value is -1.54. The highest BCUT2D eigenvalue weighted by molar-refractivity contribution is 6.17. The maximum Gasteiger partial charge on any atom is 0.219 e. The minimum Gasteiger partial charge on any atom is -0.439 e. The summed E-state index contributed by atoms with van der Waals surface area (Å²) in [7, 11) is 0. The number of benzene rings is 1. The molecule has 0 saturated carbocycles. The number of rotatable bonds is 4. The monoisotopic (exact) mass is 289 g/mol. The lowest BCUT2D eigenvalue weighted by atomic mass is 10.1. The summed E-state index contributed by atoms with van der Waals surface area (Å²) in [6.07, 6.45) is 0. The van der Waals surface area contributed by atoms with Gasteiger partial charge in [-0.2, -0.15) is 0 Å². The smallest absolute Gasteiger partial charge is 0.219 e. The van der Waals surface area contributed by atoms with E-state index in [-0.39, 0.29) is 0 Å². The van der Waals surface area contributed by atoms with E-state index in [0.29, 0.717) is 17.7 Å². The largest absolute Gasteiger partial charge is 0.439 e. The molecule has 0 bridgehead atoms. The molecule has 0 atom stereocenters. The maximum absolute atomic E-state index is 5.95. The molecule has 20 heavy (non-hydrogen) atoms. The molecule has 1 aromatic heterocycles. The van der Waals surface area contributed by atoms with Crippen LogP contribution in [0.4, 0.5) is 0 Å². The summed E-state index contributed by atoms with van der Waals surface area (Å²) in [4.78, 5) is 4.57. The van der Waals surface area contributed by atoms with E-state index in [1.54, 1.807) is 0 Å². The molecule has 2 nitrogen and oxygen atoms in total. The van der Waals surface area contributed by atoms with Crippen molar-refractivity contribution in [1.29, 1.82) is 0 Å². The molecule has 1 heterocycles. The van der Waals surface area contributed by atoms with Gasteiger partial charge in [-0.3, -0.25) is 0 Å². The normalized spacial score (nSPS) is 10.9. The standard InChI is InChI=1S/C17H20ClNO/c1-11(2)15-8-14(10-18)9-17(19-15)20-16-7-5-6-12(3)13(16)4/h5-9,11H,10H2,1-4H3. The fourth-order valence-electron chi connectivity index (χ4n) is 1.95. The van der Waals surface area contributed by atoms with E-state index in [1.807, 2.05) is 24.3 Å². The van der Waals surface area contributed by atoms with Gasteiger partial charge in [0.1, 0.15) is 5.75 Å². The number of hydrogen-bond donors (Lipinski definition) is 0. The Bertz CT molecular complexity index is 608. The first-order chi connectivity index (χ1) is 9.51. The molecule has 0 N–H and O–H groups in total. The van der Waals surface area contributed by atoms with E-state index in [9.17, 15) is 0 Å². The highest BCUT2D eigenvalue weighted by Gasteiger charge is 2.09. The SMILES string of the molecule is Cc1cccc(Oc2cc(CCl)cc(C(C)C)n2)c1C. The van der Waals surface area contributed by atoms with Crippen LogP contribution >= 0.6 is 11.6 Å². The van der Waals surface area contributed by atoms with Crippen LogP contribution in [-0.4, -0.2) is 4.98 Å². The summed E-state index contributed by atoms with van der Waals surface area (Å²) in [5.41, 5.74) is 4.38. The van der Waals surface area contributed by atoms with Crippen LogP contribution in [0.15, 0.2) is 30.3 Å². The zero-order chi connectivity index (χ0) is 14.7. The zero-order valence-corrected chi connectivity index (χ0v) is 13.2. The van der Waals surface area contributed by atoms with Crippen LogP contribution in [0.5, 0.6) is 11.6 Å². The molecule has 3 heteroatoms. The van der Waals surface area contributed by atoms with Crippen molar-refractivity contribution in [2.75, 3.05) is 0 Å². The molecule has 0 aliphatic carbocycles. The van der Waals surface area contributed by atoms with Crippen molar-refractivity contribution in [3.63, 3.8) is 0 Å². The number of aryl methyl sites for hydroxylation is 1. The summed E-state index contributed by atoms with van der Waals surface area (Å²) in [6.45, 7) is 8.36. The first-order valence-electron chi connectivity index (χ1n) is 6.82. The number of halogens is 1. The van der Waals surface area contributed by atoms with Crippen LogP contribution in [0.1, 0.15) is 42.1 Å². The second-order valence-corrected chi connectivity index (χ2v) is 5.59. The van der Waals surface area contributed by atoms with Gasteiger partial charge in [0.05, 0.1) is 0 Å². The first-order valence-corrected chi connectivity index (χ1v) is 7.35. The molecule has 2 aromatic rings. The molecule has 0 spiro atoms. The molecular weight excluding hydrogens is 270 g/mol. The van der Waals surface area contributed by atoms with Gasteiger partial charge in [-0.25, -0.2) is 4.98 Å². The summed E-state index contributed by atoms with van der Waals surface area (Å²) in [6, 6.07) is 9.97. The molecule has 2 rings (SSSR count). The molecule has 0 aliphatic rings. The van der Waals surface area contributed by atoms with Gasteiger partial charge in [0.15, 0.2) is 0 Å². The van der Waals surface area contributed by atoms with E-state index in [1.165, 1.54) is 5.56 Å². The molecule has 0 fully saturated rings. The average molecular weight is 290 g/mol. The fourth-order valence-corrected chi connectivity index (χ4v) is 2.11. The second kappa shape index (κ2) is 6.27. The Morgan fingerprint density at radius 1 is 1.20 bits per heavy atom. The zero-order valence-electron chi connectivity index (χ0n) is 12.4. The third-order valence-corrected chi connectivity index (χ3v) is 3.71. The first kappa shape index (κ1) is 14.9. The summed E-state index contributed by atoms with van der Waals surface area (Å²) in [5.74, 6) is 2.27. The van der Waals surface area contributed by atoms with Crippen molar-refractivity contribution < 1.29 is 4.74 Å². The van der Waals surface area contributed by atoms with Crippen LogP contribution in [0, 0.1) is 13.8 Å². The lowest BCUT2D eigenvalue weighted by Gasteiger charge is -2.13. The Kier molecular flexibility index (Phi) is 4.66. The average Bonchev–Trinajstić information content (AvgIpc) is 2.43. The van der Waals surface area contributed by atoms with Gasteiger partial charge in [0, 0.05) is 17.6 Å². The summed E-state index contributed by atoms with van der Waals surface area (Å²) < 4.78 is 5.95. The Balaban J connectivity index is 2.37. The molecule has 0 aliphatic heterocycles. The van der Waals surface area contributed by atoms with Gasteiger partial charge in [-0.1, -0.05) is 26.0 Å². The second-order valence-electron chi connectivity index (χ2n) is 5.33. The van der Waals surface area contributed by atoms with Crippen LogP contribution in [-0.2, 0) is 5.88 Å². The Labute approximate surface area is 125 Å². The van der Waals surface area contributed by atoms with E-state index < -0.39 is 0 Å². The number of nitrogens with zero attached hydrogens (tertiary/aromatic N) is 1. The highest BCUT2D eigenvalue weighted by atomic mass is 35.5. The molecular formula is C17H20ClNO. The van der Waals surface area contributed by atoms with E-state index in [0.717, 1.165) is 22.6 Å². The van der Waals surface area contributed by atoms with Crippen molar-refractivity contribution in [2.45, 2.75) is 39.5 Å². The molecule has 0 amide bonds. The fraction of sp³-hybridized carbons (Fsp3) is 0.353. The molecule has 0 saturated heterocycles. The number of alkyl halides is 1. The Morgan fingerprint density at radius 3 is 2.60 bits per heavy atom. The molecule has 0 radical (unpaired) electrons. The topological polar surface area (TPSA) is 22.1 Å². The number of aromatic nitrogens is 1. The van der Waals surface area contributed by atoms with Crippen LogP contribution < -0.4 is 4.74 Å². The van der Waals surface area contributed by atoms with Gasteiger partial charge < -0.3 is 4.74 Å². The summed E-state index contributed by atoms with van der Waals surface area (Å²) in [5, 5.41) is 0. The number of pyridine rings is 1. The molecule has 0 unspecified atom stereocenters. The molecule has 1 aromatic carbocycles.